The number of ether oxygens (including phenoxy) is 1. The first-order chi connectivity index (χ1) is 16.1. The number of sulfonamides is 1. The van der Waals surface area contributed by atoms with Crippen LogP contribution in [0.3, 0.4) is 0 Å². The lowest BCUT2D eigenvalue weighted by molar-refractivity contribution is -0.115. The molecular formula is C24H24ClN3O5S. The van der Waals surface area contributed by atoms with E-state index in [1.165, 1.54) is 32.2 Å². The molecule has 0 saturated carbocycles. The average Bonchev–Trinajstić information content (AvgIpc) is 2.78. The molecule has 3 aromatic carbocycles. The largest absolute Gasteiger partial charge is 0.495 e. The van der Waals surface area contributed by atoms with E-state index in [4.69, 9.17) is 16.3 Å². The highest BCUT2D eigenvalue weighted by atomic mass is 35.5. The Morgan fingerprint density at radius 2 is 1.62 bits per heavy atom. The third-order valence-electron chi connectivity index (χ3n) is 4.76. The highest BCUT2D eigenvalue weighted by Crippen LogP contribution is 2.31. The second-order valence-electron chi connectivity index (χ2n) is 7.45. The van der Waals surface area contributed by atoms with Gasteiger partial charge < -0.3 is 15.4 Å². The lowest BCUT2D eigenvalue weighted by atomic mass is 10.2. The Balaban J connectivity index is 1.96. The van der Waals surface area contributed by atoms with Gasteiger partial charge in [-0.15, -0.1) is 0 Å². The number of hydrogen-bond donors (Lipinski definition) is 2. The van der Waals surface area contributed by atoms with Gasteiger partial charge in [0.15, 0.2) is 0 Å². The highest BCUT2D eigenvalue weighted by molar-refractivity contribution is 7.93. The van der Waals surface area contributed by atoms with Crippen molar-refractivity contribution in [2.24, 2.45) is 0 Å². The van der Waals surface area contributed by atoms with Crippen LogP contribution in [0, 0.1) is 6.92 Å². The number of methoxy groups -OCH3 is 1. The minimum Gasteiger partial charge on any atom is -0.495 e. The first-order valence-electron chi connectivity index (χ1n) is 10.2. The Morgan fingerprint density at radius 3 is 2.24 bits per heavy atom. The van der Waals surface area contributed by atoms with E-state index >= 15 is 0 Å². The number of nitrogens with zero attached hydrogens (tertiary/aromatic N) is 1. The summed E-state index contributed by atoms with van der Waals surface area (Å²) in [6.45, 7) is 2.63. The lowest BCUT2D eigenvalue weighted by Gasteiger charge is -2.25. The summed E-state index contributed by atoms with van der Waals surface area (Å²) in [4.78, 5) is 24.2. The van der Waals surface area contributed by atoms with Crippen molar-refractivity contribution in [2.45, 2.75) is 18.7 Å². The van der Waals surface area contributed by atoms with Gasteiger partial charge in [0.25, 0.3) is 10.0 Å². The number of nitrogens with one attached hydrogen (secondary N) is 2. The molecule has 0 aliphatic rings. The van der Waals surface area contributed by atoms with Crippen LogP contribution in [0.15, 0.2) is 71.6 Å². The summed E-state index contributed by atoms with van der Waals surface area (Å²) in [5.41, 5.74) is 1.87. The summed E-state index contributed by atoms with van der Waals surface area (Å²) in [7, 11) is -2.82. The molecule has 10 heteroatoms. The van der Waals surface area contributed by atoms with Crippen LogP contribution in [0.5, 0.6) is 5.75 Å². The van der Waals surface area contributed by atoms with Crippen molar-refractivity contribution in [2.75, 3.05) is 28.6 Å². The van der Waals surface area contributed by atoms with Gasteiger partial charge in [0.2, 0.25) is 11.8 Å². The van der Waals surface area contributed by atoms with E-state index in [1.807, 2.05) is 0 Å². The van der Waals surface area contributed by atoms with E-state index in [0.29, 0.717) is 16.4 Å². The second-order valence-corrected chi connectivity index (χ2v) is 9.72. The molecule has 3 rings (SSSR count). The zero-order valence-electron chi connectivity index (χ0n) is 18.8. The van der Waals surface area contributed by atoms with Gasteiger partial charge in [0, 0.05) is 23.3 Å². The van der Waals surface area contributed by atoms with Crippen LogP contribution >= 0.6 is 11.6 Å². The molecule has 2 amide bonds. The molecular weight excluding hydrogens is 478 g/mol. The Bertz CT molecular complexity index is 1310. The number of hydrogen-bond acceptors (Lipinski definition) is 5. The first-order valence-corrected chi connectivity index (χ1v) is 12.0. The van der Waals surface area contributed by atoms with E-state index < -0.39 is 22.5 Å². The van der Waals surface area contributed by atoms with Gasteiger partial charge in [-0.3, -0.25) is 13.9 Å². The normalized spacial score (nSPS) is 10.9. The Morgan fingerprint density at radius 1 is 0.971 bits per heavy atom. The number of aryl methyl sites for hydroxylation is 1. The quantitative estimate of drug-likeness (QED) is 0.474. The first kappa shape index (κ1) is 25.1. The average molecular weight is 502 g/mol. The van der Waals surface area contributed by atoms with Crippen LogP contribution < -0.4 is 19.7 Å². The fraction of sp³-hybridized carbons (Fsp3) is 0.167. The maximum absolute atomic E-state index is 13.7. The predicted molar refractivity (Wildman–Crippen MR) is 133 cm³/mol. The topological polar surface area (TPSA) is 105 Å². The van der Waals surface area contributed by atoms with Gasteiger partial charge in [0.05, 0.1) is 12.8 Å². The van der Waals surface area contributed by atoms with Crippen molar-refractivity contribution in [3.8, 4) is 5.75 Å². The smallest absolute Gasteiger partial charge is 0.268 e. The van der Waals surface area contributed by atoms with Gasteiger partial charge in [-0.2, -0.15) is 0 Å². The summed E-state index contributed by atoms with van der Waals surface area (Å²) >= 11 is 5.98. The summed E-state index contributed by atoms with van der Waals surface area (Å²) in [5, 5.41) is 5.73. The maximum Gasteiger partial charge on any atom is 0.268 e. The summed E-state index contributed by atoms with van der Waals surface area (Å²) in [5.74, 6) is -0.673. The van der Waals surface area contributed by atoms with Crippen LogP contribution in [0.1, 0.15) is 12.5 Å². The molecule has 178 valence electrons. The fourth-order valence-corrected chi connectivity index (χ4v) is 5.03. The van der Waals surface area contributed by atoms with E-state index in [-0.39, 0.29) is 22.2 Å². The van der Waals surface area contributed by atoms with Gasteiger partial charge in [-0.25, -0.2) is 8.42 Å². The molecule has 0 heterocycles. The Hall–Kier alpha value is -3.56. The lowest BCUT2D eigenvalue weighted by Crippen LogP contribution is -2.38. The van der Waals surface area contributed by atoms with Crippen LogP contribution in [-0.4, -0.2) is 33.9 Å². The Kier molecular flexibility index (Phi) is 7.80. The van der Waals surface area contributed by atoms with Crippen molar-refractivity contribution >= 4 is 50.5 Å². The van der Waals surface area contributed by atoms with Crippen molar-refractivity contribution in [1.82, 2.24) is 0 Å². The second kappa shape index (κ2) is 10.6. The van der Waals surface area contributed by atoms with E-state index in [9.17, 15) is 18.0 Å². The van der Waals surface area contributed by atoms with Crippen molar-refractivity contribution in [3.05, 3.63) is 77.3 Å². The summed E-state index contributed by atoms with van der Waals surface area (Å²) in [6.07, 6.45) is 0. The molecule has 0 aliphatic heterocycles. The number of rotatable bonds is 8. The molecule has 0 aromatic heterocycles. The molecule has 0 bridgehead atoms. The van der Waals surface area contributed by atoms with Crippen molar-refractivity contribution in [3.63, 3.8) is 0 Å². The molecule has 0 spiro atoms. The number of amides is 2. The van der Waals surface area contributed by atoms with E-state index in [0.717, 1.165) is 9.87 Å². The van der Waals surface area contributed by atoms with Crippen LogP contribution in [0.4, 0.5) is 17.1 Å². The molecule has 2 N–H and O–H groups in total. The zero-order valence-corrected chi connectivity index (χ0v) is 20.4. The van der Waals surface area contributed by atoms with Crippen molar-refractivity contribution in [1.29, 1.82) is 0 Å². The van der Waals surface area contributed by atoms with E-state index in [1.54, 1.807) is 55.5 Å². The molecule has 0 unspecified atom stereocenters. The molecule has 0 aliphatic carbocycles. The Labute approximate surface area is 203 Å². The minimum absolute atomic E-state index is 0.0644. The minimum atomic E-state index is -4.20. The standard InChI is InChI=1S/C24H24ClN3O5S/c1-16-7-12-22(33-3)23(13-16)34(31,32)28(21-10-8-18(25)9-11-21)15-24(30)27-20-6-4-5-19(14-20)26-17(2)29/h4-14H,15H2,1-3H3,(H,26,29)(H,27,30). The zero-order chi connectivity index (χ0) is 24.9. The third-order valence-corrected chi connectivity index (χ3v) is 6.80. The number of benzene rings is 3. The molecule has 3 aromatic rings. The monoisotopic (exact) mass is 501 g/mol. The summed E-state index contributed by atoms with van der Waals surface area (Å²) in [6, 6.07) is 17.5. The molecule has 0 saturated heterocycles. The third kappa shape index (κ3) is 6.06. The van der Waals surface area contributed by atoms with Crippen LogP contribution in [0.2, 0.25) is 5.02 Å². The molecule has 0 atom stereocenters. The number of carbonyl (C=O) groups excluding carboxylic acids is 2. The highest BCUT2D eigenvalue weighted by Gasteiger charge is 2.30. The predicted octanol–water partition coefficient (Wildman–Crippen LogP) is 4.45. The van der Waals surface area contributed by atoms with Gasteiger partial charge in [0.1, 0.15) is 17.2 Å². The molecule has 0 radical (unpaired) electrons. The number of anilines is 3. The van der Waals surface area contributed by atoms with Crippen molar-refractivity contribution < 1.29 is 22.7 Å². The van der Waals surface area contributed by atoms with Crippen LogP contribution in [0.25, 0.3) is 0 Å². The van der Waals surface area contributed by atoms with Gasteiger partial charge >= 0.3 is 0 Å². The van der Waals surface area contributed by atoms with Gasteiger partial charge in [-0.1, -0.05) is 23.7 Å². The van der Waals surface area contributed by atoms with Crippen LogP contribution in [-0.2, 0) is 19.6 Å². The fourth-order valence-electron chi connectivity index (χ4n) is 3.24. The summed E-state index contributed by atoms with van der Waals surface area (Å²) < 4.78 is 33.7. The molecule has 8 nitrogen and oxygen atoms in total. The number of halogens is 1. The molecule has 34 heavy (non-hydrogen) atoms. The van der Waals surface area contributed by atoms with Gasteiger partial charge in [-0.05, 0) is 67.1 Å². The molecule has 0 fully saturated rings. The number of carbonyl (C=O) groups is 2. The SMILES string of the molecule is COc1ccc(C)cc1S(=O)(=O)N(CC(=O)Nc1cccc(NC(C)=O)c1)c1ccc(Cl)cc1. The maximum atomic E-state index is 13.7. The van der Waals surface area contributed by atoms with E-state index in [2.05, 4.69) is 10.6 Å².